The van der Waals surface area contributed by atoms with E-state index in [-0.39, 0.29) is 6.54 Å². The number of rotatable bonds is 3. The van der Waals surface area contributed by atoms with Gasteiger partial charge in [-0.05, 0) is 32.0 Å². The predicted octanol–water partition coefficient (Wildman–Crippen LogP) is 2.21. The van der Waals surface area contributed by atoms with Crippen LogP contribution >= 0.6 is 11.6 Å². The zero-order valence-electron chi connectivity index (χ0n) is 10.00. The zero-order valence-corrected chi connectivity index (χ0v) is 10.8. The Morgan fingerprint density at radius 3 is 2.65 bits per heavy atom. The Balaban J connectivity index is 2.85. The summed E-state index contributed by atoms with van der Waals surface area (Å²) in [6.45, 7) is 2.84. The van der Waals surface area contributed by atoms with Gasteiger partial charge >= 0.3 is 0 Å². The maximum atomic E-state index is 13.4. The highest BCUT2D eigenvalue weighted by Crippen LogP contribution is 2.17. The van der Waals surface area contributed by atoms with Crippen molar-refractivity contribution in [3.63, 3.8) is 0 Å². The molecule has 0 fully saturated rings. The molecule has 0 saturated heterocycles. The Bertz CT molecular complexity index is 429. The van der Waals surface area contributed by atoms with Gasteiger partial charge in [0.1, 0.15) is 11.4 Å². The molecule has 0 heterocycles. The van der Waals surface area contributed by atoms with Crippen LogP contribution in [0.25, 0.3) is 0 Å². The Labute approximate surface area is 105 Å². The average molecular weight is 260 g/mol. The first kappa shape index (κ1) is 13.9. The molecule has 1 aromatic carbocycles. The normalized spacial score (nSPS) is 11.4. The molecular weight excluding hydrogens is 245 g/mol. The molecule has 0 bridgehead atoms. The lowest BCUT2D eigenvalue weighted by molar-refractivity contribution is -0.147. The van der Waals surface area contributed by atoms with Crippen molar-refractivity contribution in [3.8, 4) is 0 Å². The summed E-state index contributed by atoms with van der Waals surface area (Å²) in [4.78, 5) is 12.9. The molecule has 3 nitrogen and oxygen atoms in total. The summed E-state index contributed by atoms with van der Waals surface area (Å²) >= 11 is 5.75. The SMILES string of the molecule is CN(Cc1cc(Cl)ccc1F)C(=O)C(C)(C)O. The molecule has 0 aliphatic carbocycles. The van der Waals surface area contributed by atoms with Crippen LogP contribution in [-0.2, 0) is 11.3 Å². The number of halogens is 2. The van der Waals surface area contributed by atoms with Gasteiger partial charge in [-0.25, -0.2) is 4.39 Å². The van der Waals surface area contributed by atoms with Crippen LogP contribution < -0.4 is 0 Å². The first-order chi connectivity index (χ1) is 7.71. The van der Waals surface area contributed by atoms with Gasteiger partial charge in [0.2, 0.25) is 0 Å². The Hall–Kier alpha value is -1.13. The minimum Gasteiger partial charge on any atom is -0.381 e. The summed E-state index contributed by atoms with van der Waals surface area (Å²) in [6, 6.07) is 4.16. The van der Waals surface area contributed by atoms with E-state index in [0.717, 1.165) is 0 Å². The van der Waals surface area contributed by atoms with Crippen LogP contribution in [0.5, 0.6) is 0 Å². The number of likely N-dealkylation sites (N-methyl/N-ethyl adjacent to an activating group) is 1. The topological polar surface area (TPSA) is 40.5 Å². The fourth-order valence-electron chi connectivity index (χ4n) is 1.46. The van der Waals surface area contributed by atoms with E-state index in [4.69, 9.17) is 11.6 Å². The van der Waals surface area contributed by atoms with E-state index in [1.807, 2.05) is 0 Å². The molecule has 1 amide bonds. The minimum absolute atomic E-state index is 0.0647. The molecule has 0 spiro atoms. The molecule has 0 aliphatic rings. The van der Waals surface area contributed by atoms with Gasteiger partial charge < -0.3 is 10.0 Å². The molecule has 5 heteroatoms. The third-order valence-electron chi connectivity index (χ3n) is 2.29. The molecule has 1 N–H and O–H groups in total. The molecule has 94 valence electrons. The first-order valence-corrected chi connectivity index (χ1v) is 5.51. The van der Waals surface area contributed by atoms with Crippen LogP contribution in [0.15, 0.2) is 18.2 Å². The second-order valence-corrected chi connectivity index (χ2v) is 4.89. The number of carbonyl (C=O) groups is 1. The molecule has 1 aromatic rings. The molecule has 0 aromatic heterocycles. The van der Waals surface area contributed by atoms with Crippen molar-refractivity contribution in [2.75, 3.05) is 7.05 Å². The van der Waals surface area contributed by atoms with Crippen LogP contribution in [0.3, 0.4) is 0 Å². The summed E-state index contributed by atoms with van der Waals surface area (Å²) in [5, 5.41) is 9.96. The molecule has 1 rings (SSSR count). The average Bonchev–Trinajstić information content (AvgIpc) is 2.21. The van der Waals surface area contributed by atoms with Crippen molar-refractivity contribution in [1.29, 1.82) is 0 Å². The number of benzene rings is 1. The van der Waals surface area contributed by atoms with Gasteiger partial charge in [0, 0.05) is 24.2 Å². The van der Waals surface area contributed by atoms with Crippen molar-refractivity contribution in [1.82, 2.24) is 4.90 Å². The predicted molar refractivity (Wildman–Crippen MR) is 64.2 cm³/mol. The van der Waals surface area contributed by atoms with Gasteiger partial charge in [-0.1, -0.05) is 11.6 Å². The second-order valence-electron chi connectivity index (χ2n) is 4.46. The largest absolute Gasteiger partial charge is 0.381 e. The molecule has 0 saturated carbocycles. The van der Waals surface area contributed by atoms with Gasteiger partial charge in [-0.3, -0.25) is 4.79 Å². The van der Waals surface area contributed by atoms with E-state index in [1.165, 1.54) is 44.0 Å². The van der Waals surface area contributed by atoms with Gasteiger partial charge in [-0.2, -0.15) is 0 Å². The van der Waals surface area contributed by atoms with Gasteiger partial charge in [0.15, 0.2) is 0 Å². The minimum atomic E-state index is -1.47. The van der Waals surface area contributed by atoms with Crippen molar-refractivity contribution in [2.45, 2.75) is 26.0 Å². The van der Waals surface area contributed by atoms with E-state index < -0.39 is 17.3 Å². The molecule has 0 atom stereocenters. The lowest BCUT2D eigenvalue weighted by atomic mass is 10.1. The summed E-state index contributed by atoms with van der Waals surface area (Å²) < 4.78 is 13.4. The molecule has 0 radical (unpaired) electrons. The van der Waals surface area contributed by atoms with Crippen molar-refractivity contribution < 1.29 is 14.3 Å². The number of nitrogens with zero attached hydrogens (tertiary/aromatic N) is 1. The molecule has 0 aliphatic heterocycles. The van der Waals surface area contributed by atoms with Gasteiger partial charge in [0.25, 0.3) is 5.91 Å². The van der Waals surface area contributed by atoms with Crippen LogP contribution in [0.2, 0.25) is 5.02 Å². The summed E-state index contributed by atoms with van der Waals surface area (Å²) in [5.74, 6) is -0.901. The van der Waals surface area contributed by atoms with Gasteiger partial charge in [-0.15, -0.1) is 0 Å². The second kappa shape index (κ2) is 5.02. The quantitative estimate of drug-likeness (QED) is 0.904. The third kappa shape index (κ3) is 3.68. The Kier molecular flexibility index (Phi) is 4.11. The van der Waals surface area contributed by atoms with E-state index in [1.54, 1.807) is 0 Å². The molecular formula is C12H15ClFNO2. The first-order valence-electron chi connectivity index (χ1n) is 5.13. The van der Waals surface area contributed by atoms with E-state index in [9.17, 15) is 14.3 Å². The van der Waals surface area contributed by atoms with Crippen molar-refractivity contribution in [2.24, 2.45) is 0 Å². The summed E-state index contributed by atoms with van der Waals surface area (Å²) in [5.41, 5.74) is -1.15. The van der Waals surface area contributed by atoms with Gasteiger partial charge in [0.05, 0.1) is 0 Å². The van der Waals surface area contributed by atoms with E-state index >= 15 is 0 Å². The van der Waals surface area contributed by atoms with Crippen LogP contribution in [-0.4, -0.2) is 28.6 Å². The number of aliphatic hydroxyl groups is 1. The third-order valence-corrected chi connectivity index (χ3v) is 2.52. The van der Waals surface area contributed by atoms with Crippen LogP contribution in [0.4, 0.5) is 4.39 Å². The lowest BCUT2D eigenvalue weighted by Gasteiger charge is -2.25. The standard InChI is InChI=1S/C12H15ClFNO2/c1-12(2,17)11(16)15(3)7-8-6-9(13)4-5-10(8)14/h4-6,17H,7H2,1-3H3. The molecule has 17 heavy (non-hydrogen) atoms. The monoisotopic (exact) mass is 259 g/mol. The summed E-state index contributed by atoms with van der Waals surface area (Å²) in [7, 11) is 1.50. The highest BCUT2D eigenvalue weighted by atomic mass is 35.5. The fraction of sp³-hybridized carbons (Fsp3) is 0.417. The van der Waals surface area contributed by atoms with Crippen molar-refractivity contribution in [3.05, 3.63) is 34.6 Å². The Morgan fingerprint density at radius 2 is 2.12 bits per heavy atom. The molecule has 0 unspecified atom stereocenters. The number of hydrogen-bond donors (Lipinski definition) is 1. The Morgan fingerprint density at radius 1 is 1.53 bits per heavy atom. The van der Waals surface area contributed by atoms with Crippen LogP contribution in [0.1, 0.15) is 19.4 Å². The van der Waals surface area contributed by atoms with E-state index in [0.29, 0.717) is 10.6 Å². The number of amides is 1. The zero-order chi connectivity index (χ0) is 13.2. The maximum absolute atomic E-state index is 13.4. The fourth-order valence-corrected chi connectivity index (χ4v) is 1.65. The lowest BCUT2D eigenvalue weighted by Crippen LogP contribution is -2.42. The van der Waals surface area contributed by atoms with Crippen LogP contribution in [0, 0.1) is 5.82 Å². The summed E-state index contributed by atoms with van der Waals surface area (Å²) in [6.07, 6.45) is 0. The number of carbonyl (C=O) groups excluding carboxylic acids is 1. The highest BCUT2D eigenvalue weighted by Gasteiger charge is 2.27. The highest BCUT2D eigenvalue weighted by molar-refractivity contribution is 6.30. The maximum Gasteiger partial charge on any atom is 0.253 e. The van der Waals surface area contributed by atoms with Crippen molar-refractivity contribution >= 4 is 17.5 Å². The smallest absolute Gasteiger partial charge is 0.253 e. The number of hydrogen-bond acceptors (Lipinski definition) is 2. The van der Waals surface area contributed by atoms with E-state index in [2.05, 4.69) is 0 Å².